The summed E-state index contributed by atoms with van der Waals surface area (Å²) in [6.45, 7) is 12.1. The van der Waals surface area contributed by atoms with Crippen LogP contribution in [-0.2, 0) is 0 Å². The zero-order valence-corrected chi connectivity index (χ0v) is 13.0. The second kappa shape index (κ2) is 5.92. The molecular formula is C16H32N2. The lowest BCUT2D eigenvalue weighted by Gasteiger charge is -2.45. The average Bonchev–Trinajstić information content (AvgIpc) is 2.49. The van der Waals surface area contributed by atoms with Crippen molar-refractivity contribution in [2.75, 3.05) is 20.1 Å². The van der Waals surface area contributed by atoms with Gasteiger partial charge >= 0.3 is 0 Å². The van der Waals surface area contributed by atoms with Crippen molar-refractivity contribution in [2.45, 2.75) is 71.5 Å². The van der Waals surface area contributed by atoms with Crippen LogP contribution in [0.25, 0.3) is 0 Å². The Morgan fingerprint density at radius 3 is 1.72 bits per heavy atom. The van der Waals surface area contributed by atoms with Gasteiger partial charge in [0.25, 0.3) is 0 Å². The monoisotopic (exact) mass is 252 g/mol. The fourth-order valence-electron chi connectivity index (χ4n) is 4.17. The van der Waals surface area contributed by atoms with E-state index >= 15 is 0 Å². The zero-order valence-electron chi connectivity index (χ0n) is 13.0. The van der Waals surface area contributed by atoms with Crippen molar-refractivity contribution in [3.8, 4) is 0 Å². The molecule has 0 amide bonds. The van der Waals surface area contributed by atoms with E-state index in [4.69, 9.17) is 0 Å². The number of nitrogens with zero attached hydrogens (tertiary/aromatic N) is 2. The van der Waals surface area contributed by atoms with Crippen LogP contribution >= 0.6 is 0 Å². The molecule has 2 nitrogen and oxygen atoms in total. The molecule has 0 aromatic carbocycles. The molecule has 2 heterocycles. The molecule has 2 heteroatoms. The first-order chi connectivity index (χ1) is 8.47. The summed E-state index contributed by atoms with van der Waals surface area (Å²) in [4.78, 5) is 5.46. The number of likely N-dealkylation sites (tertiary alicyclic amines) is 1. The normalized spacial score (nSPS) is 30.0. The third-order valence-electron chi connectivity index (χ3n) is 4.63. The molecule has 0 N–H and O–H groups in total. The number of likely N-dealkylation sites (N-methyl/N-ethyl adjacent to an activating group) is 1. The summed E-state index contributed by atoms with van der Waals surface area (Å²) in [6, 6.07) is 2.52. The molecule has 2 fully saturated rings. The second-order valence-corrected chi connectivity index (χ2v) is 7.47. The quantitative estimate of drug-likeness (QED) is 0.741. The highest BCUT2D eigenvalue weighted by Crippen LogP contribution is 2.35. The van der Waals surface area contributed by atoms with Gasteiger partial charge in [-0.25, -0.2) is 0 Å². The summed E-state index contributed by atoms with van der Waals surface area (Å²) < 4.78 is 0. The maximum absolute atomic E-state index is 2.92. The Hall–Kier alpha value is -0.0800. The van der Waals surface area contributed by atoms with E-state index in [0.29, 0.717) is 0 Å². The third kappa shape index (κ3) is 3.27. The van der Waals surface area contributed by atoms with Crippen molar-refractivity contribution >= 4 is 0 Å². The van der Waals surface area contributed by atoms with Gasteiger partial charge in [-0.15, -0.1) is 0 Å². The van der Waals surface area contributed by atoms with Crippen molar-refractivity contribution in [1.29, 1.82) is 0 Å². The van der Waals surface area contributed by atoms with Gasteiger partial charge in [-0.2, -0.15) is 0 Å². The van der Waals surface area contributed by atoms with Gasteiger partial charge in [-0.05, 0) is 44.6 Å². The predicted octanol–water partition coefficient (Wildman–Crippen LogP) is 3.23. The van der Waals surface area contributed by atoms with E-state index < -0.39 is 0 Å². The Morgan fingerprint density at radius 1 is 0.889 bits per heavy atom. The smallest absolute Gasteiger partial charge is 0.0230 e. The van der Waals surface area contributed by atoms with E-state index in [1.54, 1.807) is 0 Å². The third-order valence-corrected chi connectivity index (χ3v) is 4.63. The van der Waals surface area contributed by atoms with Crippen LogP contribution in [0.15, 0.2) is 0 Å². The van der Waals surface area contributed by atoms with Crippen molar-refractivity contribution in [3.05, 3.63) is 0 Å². The van der Waals surface area contributed by atoms with E-state index in [9.17, 15) is 0 Å². The molecule has 2 aliphatic rings. The van der Waals surface area contributed by atoms with E-state index in [1.165, 1.54) is 38.8 Å². The van der Waals surface area contributed by atoms with Crippen molar-refractivity contribution in [1.82, 2.24) is 9.80 Å². The summed E-state index contributed by atoms with van der Waals surface area (Å²) in [5.74, 6) is 1.65. The van der Waals surface area contributed by atoms with Gasteiger partial charge in [-0.1, -0.05) is 27.7 Å². The van der Waals surface area contributed by atoms with Gasteiger partial charge in [0.2, 0.25) is 0 Å². The van der Waals surface area contributed by atoms with Crippen LogP contribution in [-0.4, -0.2) is 48.1 Å². The summed E-state index contributed by atoms with van der Waals surface area (Å²) in [5.41, 5.74) is 0. The fraction of sp³-hybridized carbons (Fsp3) is 1.00. The molecule has 18 heavy (non-hydrogen) atoms. The lowest BCUT2D eigenvalue weighted by molar-refractivity contribution is 0.0282. The Kier molecular flexibility index (Phi) is 4.71. The summed E-state index contributed by atoms with van der Waals surface area (Å²) in [5, 5.41) is 0. The van der Waals surface area contributed by atoms with Crippen LogP contribution in [0, 0.1) is 11.8 Å². The van der Waals surface area contributed by atoms with E-state index in [2.05, 4.69) is 44.5 Å². The highest BCUT2D eigenvalue weighted by Gasteiger charge is 2.42. The number of hydrogen-bond acceptors (Lipinski definition) is 2. The van der Waals surface area contributed by atoms with Crippen LogP contribution < -0.4 is 0 Å². The minimum absolute atomic E-state index is 0.827. The van der Waals surface area contributed by atoms with Crippen LogP contribution in [0.5, 0.6) is 0 Å². The predicted molar refractivity (Wildman–Crippen MR) is 78.8 cm³/mol. The second-order valence-electron chi connectivity index (χ2n) is 7.47. The molecule has 2 atom stereocenters. The molecular weight excluding hydrogens is 220 g/mol. The fourth-order valence-corrected chi connectivity index (χ4v) is 4.17. The molecule has 0 aromatic heterocycles. The molecule has 0 aromatic rings. The zero-order chi connectivity index (χ0) is 13.3. The Bertz CT molecular complexity index is 238. The molecule has 0 radical (unpaired) electrons. The first kappa shape index (κ1) is 14.3. The average molecular weight is 252 g/mol. The Balaban J connectivity index is 2.05. The number of fused-ring (bicyclic) bond motifs is 2. The molecule has 2 rings (SSSR count). The first-order valence-electron chi connectivity index (χ1n) is 7.93. The standard InChI is InChI=1S/C16H32N2/c1-12(2)8-16(9-13(3)4)18-14-6-7-15(18)11-17(5)10-14/h12-16H,6-11H2,1-5H3. The van der Waals surface area contributed by atoms with Crippen LogP contribution in [0.1, 0.15) is 53.4 Å². The summed E-state index contributed by atoms with van der Waals surface area (Å²) in [7, 11) is 2.29. The van der Waals surface area contributed by atoms with Gasteiger partial charge in [0.1, 0.15) is 0 Å². The van der Waals surface area contributed by atoms with Crippen LogP contribution in [0.4, 0.5) is 0 Å². The molecule has 0 aliphatic carbocycles. The number of rotatable bonds is 5. The molecule has 0 saturated carbocycles. The lowest BCUT2D eigenvalue weighted by atomic mass is 9.92. The minimum atomic E-state index is 0.827. The summed E-state index contributed by atoms with van der Waals surface area (Å²) in [6.07, 6.45) is 5.63. The lowest BCUT2D eigenvalue weighted by Crippen LogP contribution is -2.56. The number of piperazine rings is 1. The molecule has 106 valence electrons. The maximum atomic E-state index is 2.92. The van der Waals surface area contributed by atoms with Crippen molar-refractivity contribution in [3.63, 3.8) is 0 Å². The van der Waals surface area contributed by atoms with E-state index in [-0.39, 0.29) is 0 Å². The van der Waals surface area contributed by atoms with E-state index in [1.807, 2.05) is 0 Å². The Morgan fingerprint density at radius 2 is 1.33 bits per heavy atom. The molecule has 2 aliphatic heterocycles. The SMILES string of the molecule is CC(C)CC(CC(C)C)N1C2CCC1CN(C)C2. The van der Waals surface area contributed by atoms with E-state index in [0.717, 1.165) is 30.0 Å². The summed E-state index contributed by atoms with van der Waals surface area (Å²) >= 11 is 0. The van der Waals surface area contributed by atoms with Crippen molar-refractivity contribution < 1.29 is 0 Å². The van der Waals surface area contributed by atoms with Crippen LogP contribution in [0.2, 0.25) is 0 Å². The highest BCUT2D eigenvalue weighted by atomic mass is 15.3. The largest absolute Gasteiger partial charge is 0.303 e. The highest BCUT2D eigenvalue weighted by molar-refractivity contribution is 4.98. The van der Waals surface area contributed by atoms with Crippen LogP contribution in [0.3, 0.4) is 0 Å². The van der Waals surface area contributed by atoms with Gasteiger partial charge in [0, 0.05) is 31.2 Å². The topological polar surface area (TPSA) is 6.48 Å². The first-order valence-corrected chi connectivity index (χ1v) is 7.93. The maximum Gasteiger partial charge on any atom is 0.0230 e. The van der Waals surface area contributed by atoms with Gasteiger partial charge in [0.05, 0.1) is 0 Å². The Labute approximate surface area is 114 Å². The molecule has 0 spiro atoms. The van der Waals surface area contributed by atoms with Gasteiger partial charge < -0.3 is 4.90 Å². The van der Waals surface area contributed by atoms with Gasteiger partial charge in [0.15, 0.2) is 0 Å². The molecule has 2 saturated heterocycles. The molecule has 2 bridgehead atoms. The van der Waals surface area contributed by atoms with Crippen molar-refractivity contribution in [2.24, 2.45) is 11.8 Å². The number of hydrogen-bond donors (Lipinski definition) is 0. The van der Waals surface area contributed by atoms with Gasteiger partial charge in [-0.3, -0.25) is 4.90 Å². The molecule has 2 unspecified atom stereocenters. The minimum Gasteiger partial charge on any atom is -0.303 e.